The lowest BCUT2D eigenvalue weighted by Crippen LogP contribution is -2.35. The van der Waals surface area contributed by atoms with Gasteiger partial charge in [0.15, 0.2) is 0 Å². The van der Waals surface area contributed by atoms with Crippen molar-refractivity contribution in [3.05, 3.63) is 95.3 Å². The maximum atomic E-state index is 13.1. The van der Waals surface area contributed by atoms with Crippen molar-refractivity contribution < 1.29 is 17.6 Å². The number of benzene rings is 3. The van der Waals surface area contributed by atoms with Gasteiger partial charge in [-0.1, -0.05) is 42.0 Å². The zero-order valence-electron chi connectivity index (χ0n) is 18.2. The Morgan fingerprint density at radius 1 is 0.969 bits per heavy atom. The Hall–Kier alpha value is -3.23. The van der Waals surface area contributed by atoms with E-state index >= 15 is 0 Å². The van der Waals surface area contributed by atoms with E-state index in [2.05, 4.69) is 10.0 Å². The number of anilines is 1. The number of nitrogens with one attached hydrogen (secondary N) is 2. The van der Waals surface area contributed by atoms with Gasteiger partial charge in [0.1, 0.15) is 5.82 Å². The summed E-state index contributed by atoms with van der Waals surface area (Å²) < 4.78 is 40.9. The number of halogens is 1. The van der Waals surface area contributed by atoms with Crippen LogP contribution in [0.5, 0.6) is 0 Å². The average molecular weight is 456 g/mol. The summed E-state index contributed by atoms with van der Waals surface area (Å²) in [6.45, 7) is 2.36. The Balaban J connectivity index is 1.77. The fourth-order valence-corrected chi connectivity index (χ4v) is 4.34. The summed E-state index contributed by atoms with van der Waals surface area (Å²) in [6.07, 6.45) is 0. The second-order valence-electron chi connectivity index (χ2n) is 7.71. The average Bonchev–Trinajstić information content (AvgIpc) is 2.75. The van der Waals surface area contributed by atoms with Crippen LogP contribution in [-0.2, 0) is 10.0 Å². The van der Waals surface area contributed by atoms with Gasteiger partial charge in [-0.15, -0.1) is 0 Å². The summed E-state index contributed by atoms with van der Waals surface area (Å²) in [7, 11) is -0.119. The Kier molecular flexibility index (Phi) is 7.27. The minimum absolute atomic E-state index is 0.0531. The van der Waals surface area contributed by atoms with Gasteiger partial charge < -0.3 is 10.2 Å². The zero-order valence-corrected chi connectivity index (χ0v) is 19.0. The fraction of sp³-hybridized carbons (Fsp3) is 0.208. The van der Waals surface area contributed by atoms with E-state index in [0.717, 1.165) is 23.3 Å². The molecule has 0 saturated carbocycles. The van der Waals surface area contributed by atoms with Crippen molar-refractivity contribution in [2.75, 3.05) is 25.4 Å². The molecule has 2 N–H and O–H groups in total. The monoisotopic (exact) mass is 455 g/mol. The number of para-hydroxylation sites is 1. The molecule has 32 heavy (non-hydrogen) atoms. The summed E-state index contributed by atoms with van der Waals surface area (Å²) >= 11 is 0. The second kappa shape index (κ2) is 9.93. The zero-order chi connectivity index (χ0) is 23.3. The Labute approximate surface area is 188 Å². The van der Waals surface area contributed by atoms with E-state index in [1.54, 1.807) is 18.2 Å². The van der Waals surface area contributed by atoms with Crippen LogP contribution >= 0.6 is 0 Å². The van der Waals surface area contributed by atoms with Gasteiger partial charge in [-0.3, -0.25) is 9.52 Å². The highest BCUT2D eigenvalue weighted by Crippen LogP contribution is 2.22. The van der Waals surface area contributed by atoms with Gasteiger partial charge >= 0.3 is 0 Å². The molecule has 1 atom stereocenters. The van der Waals surface area contributed by atoms with Crippen molar-refractivity contribution in [2.24, 2.45) is 0 Å². The largest absolute Gasteiger partial charge is 0.350 e. The third kappa shape index (κ3) is 5.72. The molecule has 3 rings (SSSR count). The van der Waals surface area contributed by atoms with Crippen LogP contribution in [0.2, 0.25) is 0 Å². The van der Waals surface area contributed by atoms with E-state index in [9.17, 15) is 17.6 Å². The molecule has 0 spiro atoms. The molecule has 0 aliphatic carbocycles. The van der Waals surface area contributed by atoms with Crippen LogP contribution in [0.4, 0.5) is 10.1 Å². The van der Waals surface area contributed by atoms with Crippen LogP contribution in [0.3, 0.4) is 0 Å². The van der Waals surface area contributed by atoms with Crippen molar-refractivity contribution in [1.29, 1.82) is 0 Å². The quantitative estimate of drug-likeness (QED) is 0.539. The fourth-order valence-electron chi connectivity index (χ4n) is 3.26. The van der Waals surface area contributed by atoms with Crippen LogP contribution < -0.4 is 10.0 Å². The highest BCUT2D eigenvalue weighted by Gasteiger charge is 2.20. The van der Waals surface area contributed by atoms with E-state index in [1.807, 2.05) is 50.2 Å². The smallest absolute Gasteiger partial charge is 0.261 e. The topological polar surface area (TPSA) is 78.5 Å². The number of carbonyl (C=O) groups is 1. The van der Waals surface area contributed by atoms with Crippen molar-refractivity contribution >= 4 is 21.6 Å². The first-order chi connectivity index (χ1) is 15.2. The number of amides is 1. The lowest BCUT2D eigenvalue weighted by molar-refractivity contribution is 0.0943. The van der Waals surface area contributed by atoms with Crippen molar-refractivity contribution in [3.8, 4) is 0 Å². The minimum atomic E-state index is -3.98. The first kappa shape index (κ1) is 23.4. The molecule has 0 bridgehead atoms. The molecule has 168 valence electrons. The summed E-state index contributed by atoms with van der Waals surface area (Å²) in [4.78, 5) is 14.8. The van der Waals surface area contributed by atoms with Crippen molar-refractivity contribution in [3.63, 3.8) is 0 Å². The van der Waals surface area contributed by atoms with Crippen LogP contribution in [-0.4, -0.2) is 39.9 Å². The van der Waals surface area contributed by atoms with E-state index in [4.69, 9.17) is 0 Å². The summed E-state index contributed by atoms with van der Waals surface area (Å²) in [6, 6.07) is 18.9. The molecule has 0 aliphatic heterocycles. The molecule has 1 amide bonds. The first-order valence-corrected chi connectivity index (χ1v) is 11.5. The van der Waals surface area contributed by atoms with E-state index in [0.29, 0.717) is 6.54 Å². The third-order valence-corrected chi connectivity index (χ3v) is 6.46. The molecule has 6 nitrogen and oxygen atoms in total. The van der Waals surface area contributed by atoms with Gasteiger partial charge in [0.2, 0.25) is 0 Å². The molecule has 0 aromatic heterocycles. The number of likely N-dealkylation sites (N-methyl/N-ethyl adjacent to an activating group) is 1. The van der Waals surface area contributed by atoms with Crippen LogP contribution in [0.25, 0.3) is 0 Å². The molecule has 0 fully saturated rings. The number of rotatable bonds is 8. The van der Waals surface area contributed by atoms with Gasteiger partial charge in [0, 0.05) is 6.54 Å². The summed E-state index contributed by atoms with van der Waals surface area (Å²) in [5.41, 5.74) is 2.55. The molecule has 1 unspecified atom stereocenters. The molecule has 0 aliphatic rings. The predicted molar refractivity (Wildman–Crippen MR) is 124 cm³/mol. The van der Waals surface area contributed by atoms with Crippen LogP contribution in [0.15, 0.2) is 77.7 Å². The first-order valence-electron chi connectivity index (χ1n) is 10.1. The Morgan fingerprint density at radius 2 is 1.59 bits per heavy atom. The molecule has 0 radical (unpaired) electrons. The van der Waals surface area contributed by atoms with Gasteiger partial charge in [0.25, 0.3) is 15.9 Å². The van der Waals surface area contributed by atoms with E-state index in [1.165, 1.54) is 18.2 Å². The number of hydrogen-bond acceptors (Lipinski definition) is 4. The van der Waals surface area contributed by atoms with Gasteiger partial charge in [-0.25, -0.2) is 12.8 Å². The standard InChI is InChI=1S/C24H26FN3O3S/c1-17-8-10-18(11-9-17)23(28(2)3)16-26-24(29)21-6-4-5-7-22(21)27-32(30,31)20-14-12-19(25)13-15-20/h4-15,23,27H,16H2,1-3H3,(H,26,29). The second-order valence-corrected chi connectivity index (χ2v) is 9.39. The summed E-state index contributed by atoms with van der Waals surface area (Å²) in [5, 5.41) is 2.90. The van der Waals surface area contributed by atoms with Gasteiger partial charge in [-0.2, -0.15) is 0 Å². The molecule has 0 heterocycles. The maximum absolute atomic E-state index is 13.1. The molecule has 3 aromatic rings. The van der Waals surface area contributed by atoms with E-state index in [-0.39, 0.29) is 22.2 Å². The normalized spacial score (nSPS) is 12.4. The van der Waals surface area contributed by atoms with Gasteiger partial charge in [-0.05, 0) is 63.0 Å². The number of nitrogens with zero attached hydrogens (tertiary/aromatic N) is 1. The van der Waals surface area contributed by atoms with E-state index < -0.39 is 21.7 Å². The maximum Gasteiger partial charge on any atom is 0.261 e. The third-order valence-electron chi connectivity index (χ3n) is 5.08. The lowest BCUT2D eigenvalue weighted by Gasteiger charge is -2.25. The number of hydrogen-bond donors (Lipinski definition) is 2. The lowest BCUT2D eigenvalue weighted by atomic mass is 10.0. The highest BCUT2D eigenvalue weighted by atomic mass is 32.2. The van der Waals surface area contributed by atoms with Crippen LogP contribution in [0, 0.1) is 12.7 Å². The Morgan fingerprint density at radius 3 is 2.22 bits per heavy atom. The van der Waals surface area contributed by atoms with Crippen LogP contribution in [0.1, 0.15) is 27.5 Å². The minimum Gasteiger partial charge on any atom is -0.350 e. The predicted octanol–water partition coefficient (Wildman–Crippen LogP) is 3.97. The van der Waals surface area contributed by atoms with Crippen molar-refractivity contribution in [2.45, 2.75) is 17.9 Å². The molecular weight excluding hydrogens is 429 g/mol. The summed E-state index contributed by atoms with van der Waals surface area (Å²) in [5.74, 6) is -0.936. The molecule has 8 heteroatoms. The molecule has 3 aromatic carbocycles. The van der Waals surface area contributed by atoms with Crippen molar-refractivity contribution in [1.82, 2.24) is 10.2 Å². The van der Waals surface area contributed by atoms with Gasteiger partial charge in [0.05, 0.1) is 22.2 Å². The SMILES string of the molecule is Cc1ccc(C(CNC(=O)c2ccccc2NS(=O)(=O)c2ccc(F)cc2)N(C)C)cc1. The highest BCUT2D eigenvalue weighted by molar-refractivity contribution is 7.92. The molecule has 0 saturated heterocycles. The molecular formula is C24H26FN3O3S. The Bertz CT molecular complexity index is 1180. The number of carbonyl (C=O) groups excluding carboxylic acids is 1. The number of sulfonamides is 1. The number of aryl methyl sites for hydroxylation is 1.